The topological polar surface area (TPSA) is 73.6 Å². The zero-order valence-electron chi connectivity index (χ0n) is 15.5. The molecule has 2 N–H and O–H groups in total. The summed E-state index contributed by atoms with van der Waals surface area (Å²) in [5.41, 5.74) is 3.51. The summed E-state index contributed by atoms with van der Waals surface area (Å²) in [6.07, 6.45) is 0. The van der Waals surface area contributed by atoms with Gasteiger partial charge >= 0.3 is 0 Å². The zero-order chi connectivity index (χ0) is 18.5. The van der Waals surface area contributed by atoms with Crippen LogP contribution in [0.4, 0.5) is 5.69 Å². The van der Waals surface area contributed by atoms with Gasteiger partial charge in [-0.25, -0.2) is 4.68 Å². The van der Waals surface area contributed by atoms with Crippen LogP contribution in [0.15, 0.2) is 30.3 Å². The van der Waals surface area contributed by atoms with Crippen LogP contribution in [0.25, 0.3) is 5.69 Å². The number of β-amino-alcohol motifs (C(OH)–C–C–N with tert-alkyl or cyclic N) is 1. The van der Waals surface area contributed by atoms with Gasteiger partial charge in [-0.2, -0.15) is 5.10 Å². The first kappa shape index (κ1) is 18.6. The lowest BCUT2D eigenvalue weighted by Crippen LogP contribution is -2.49. The first-order valence-corrected chi connectivity index (χ1v) is 9.05. The normalized spacial score (nSPS) is 16.0. The Hall–Kier alpha value is -2.22. The Kier molecular flexibility index (Phi) is 6.03. The van der Waals surface area contributed by atoms with Crippen LogP contribution in [-0.4, -0.2) is 76.5 Å². The highest BCUT2D eigenvalue weighted by Gasteiger charge is 2.20. The van der Waals surface area contributed by atoms with Crippen molar-refractivity contribution in [1.29, 1.82) is 0 Å². The van der Waals surface area contributed by atoms with Crippen LogP contribution in [0.1, 0.15) is 11.4 Å². The molecule has 0 radical (unpaired) electrons. The molecule has 2 heterocycles. The maximum Gasteiger partial charge on any atom is 0.238 e. The van der Waals surface area contributed by atoms with Gasteiger partial charge in [0.1, 0.15) is 0 Å². The molecule has 0 aliphatic carbocycles. The minimum absolute atomic E-state index is 0.0144. The molecule has 0 bridgehead atoms. The lowest BCUT2D eigenvalue weighted by atomic mass is 10.2. The molecule has 140 valence electrons. The van der Waals surface area contributed by atoms with Gasteiger partial charge in [0.25, 0.3) is 0 Å². The van der Waals surface area contributed by atoms with Crippen molar-refractivity contribution in [3.8, 4) is 5.69 Å². The van der Waals surface area contributed by atoms with Crippen molar-refractivity contribution in [2.24, 2.45) is 0 Å². The number of aliphatic hydroxyl groups excluding tert-OH is 1. The van der Waals surface area contributed by atoms with Gasteiger partial charge in [0.15, 0.2) is 0 Å². The molecule has 1 saturated heterocycles. The summed E-state index contributed by atoms with van der Waals surface area (Å²) in [5, 5.41) is 16.6. The molecule has 1 aliphatic heterocycles. The fraction of sp³-hybridized carbons (Fsp3) is 0.474. The number of para-hydroxylation sites is 1. The van der Waals surface area contributed by atoms with Crippen molar-refractivity contribution in [2.45, 2.75) is 13.8 Å². The second-order valence-electron chi connectivity index (χ2n) is 6.68. The van der Waals surface area contributed by atoms with Gasteiger partial charge in [-0.15, -0.1) is 0 Å². The minimum atomic E-state index is -0.0144. The number of hydrogen-bond acceptors (Lipinski definition) is 5. The number of amides is 1. The van der Waals surface area contributed by atoms with Crippen LogP contribution in [-0.2, 0) is 4.79 Å². The van der Waals surface area contributed by atoms with E-state index in [4.69, 9.17) is 5.11 Å². The molecule has 2 aromatic rings. The lowest BCUT2D eigenvalue weighted by Gasteiger charge is -2.33. The Labute approximate surface area is 154 Å². The Bertz CT molecular complexity index is 736. The number of carbonyl (C=O) groups is 1. The molecule has 1 aromatic carbocycles. The largest absolute Gasteiger partial charge is 0.395 e. The van der Waals surface area contributed by atoms with E-state index in [0.29, 0.717) is 13.1 Å². The number of rotatable bonds is 6. The third-order valence-electron chi connectivity index (χ3n) is 4.80. The van der Waals surface area contributed by atoms with Crippen molar-refractivity contribution < 1.29 is 9.90 Å². The standard InChI is InChI=1S/C19H27N5O2/c1-15-19(16(2)24(21-15)17-6-4-3-5-7-17)20-18(26)14-23-10-8-22(9-11-23)12-13-25/h3-7,25H,8-14H2,1-2H3,(H,20,26). The van der Waals surface area contributed by atoms with Crippen molar-refractivity contribution in [3.05, 3.63) is 41.7 Å². The summed E-state index contributed by atoms with van der Waals surface area (Å²) >= 11 is 0. The van der Waals surface area contributed by atoms with Gasteiger partial charge in [0.2, 0.25) is 5.91 Å². The Balaban J connectivity index is 1.61. The van der Waals surface area contributed by atoms with Crippen LogP contribution in [0.3, 0.4) is 0 Å². The maximum atomic E-state index is 12.5. The molecule has 1 fully saturated rings. The number of nitrogens with one attached hydrogen (secondary N) is 1. The van der Waals surface area contributed by atoms with E-state index in [1.165, 1.54) is 0 Å². The molecule has 0 spiro atoms. The molecule has 26 heavy (non-hydrogen) atoms. The summed E-state index contributed by atoms with van der Waals surface area (Å²) < 4.78 is 1.86. The summed E-state index contributed by atoms with van der Waals surface area (Å²) in [6, 6.07) is 9.91. The Morgan fingerprint density at radius 1 is 1.12 bits per heavy atom. The number of nitrogens with zero attached hydrogens (tertiary/aromatic N) is 4. The quantitative estimate of drug-likeness (QED) is 0.808. The molecule has 7 heteroatoms. The number of carbonyl (C=O) groups excluding carboxylic acids is 1. The molecule has 1 aliphatic rings. The van der Waals surface area contributed by atoms with Crippen molar-refractivity contribution in [1.82, 2.24) is 19.6 Å². The predicted octanol–water partition coefficient (Wildman–Crippen LogP) is 1.04. The fourth-order valence-corrected chi connectivity index (χ4v) is 3.34. The van der Waals surface area contributed by atoms with Crippen molar-refractivity contribution >= 4 is 11.6 Å². The average Bonchev–Trinajstić information content (AvgIpc) is 2.92. The second kappa shape index (κ2) is 8.44. The first-order chi connectivity index (χ1) is 12.6. The van der Waals surface area contributed by atoms with E-state index < -0.39 is 0 Å². The van der Waals surface area contributed by atoms with Gasteiger partial charge in [-0.3, -0.25) is 14.6 Å². The molecule has 1 aromatic heterocycles. The van der Waals surface area contributed by atoms with Crippen molar-refractivity contribution in [3.63, 3.8) is 0 Å². The van der Waals surface area contributed by atoms with E-state index in [1.54, 1.807) is 0 Å². The highest BCUT2D eigenvalue weighted by Crippen LogP contribution is 2.22. The summed E-state index contributed by atoms with van der Waals surface area (Å²) in [5.74, 6) is -0.0144. The van der Waals surface area contributed by atoms with E-state index in [1.807, 2.05) is 48.9 Å². The highest BCUT2D eigenvalue weighted by atomic mass is 16.3. The average molecular weight is 357 g/mol. The van der Waals surface area contributed by atoms with E-state index in [0.717, 1.165) is 48.9 Å². The van der Waals surface area contributed by atoms with Gasteiger partial charge in [-0.05, 0) is 26.0 Å². The lowest BCUT2D eigenvalue weighted by molar-refractivity contribution is -0.117. The molecule has 0 atom stereocenters. The number of anilines is 1. The van der Waals surface area contributed by atoms with E-state index in [9.17, 15) is 4.79 Å². The number of aliphatic hydroxyl groups is 1. The molecular formula is C19H27N5O2. The van der Waals surface area contributed by atoms with Gasteiger partial charge < -0.3 is 10.4 Å². The second-order valence-corrected chi connectivity index (χ2v) is 6.68. The number of benzene rings is 1. The zero-order valence-corrected chi connectivity index (χ0v) is 15.5. The molecule has 7 nitrogen and oxygen atoms in total. The minimum Gasteiger partial charge on any atom is -0.395 e. The number of hydrogen-bond donors (Lipinski definition) is 2. The van der Waals surface area contributed by atoms with Gasteiger partial charge in [-0.1, -0.05) is 18.2 Å². The van der Waals surface area contributed by atoms with Crippen LogP contribution < -0.4 is 5.32 Å². The van der Waals surface area contributed by atoms with Crippen LogP contribution in [0.2, 0.25) is 0 Å². The van der Waals surface area contributed by atoms with E-state index in [-0.39, 0.29) is 12.5 Å². The molecular weight excluding hydrogens is 330 g/mol. The van der Waals surface area contributed by atoms with Crippen molar-refractivity contribution in [2.75, 3.05) is 51.2 Å². The Morgan fingerprint density at radius 2 is 1.77 bits per heavy atom. The number of piperazine rings is 1. The smallest absolute Gasteiger partial charge is 0.238 e. The predicted molar refractivity (Wildman–Crippen MR) is 102 cm³/mol. The monoisotopic (exact) mass is 357 g/mol. The summed E-state index contributed by atoms with van der Waals surface area (Å²) in [4.78, 5) is 16.9. The molecule has 1 amide bonds. The van der Waals surface area contributed by atoms with Crippen LogP contribution >= 0.6 is 0 Å². The molecule has 3 rings (SSSR count). The fourth-order valence-electron chi connectivity index (χ4n) is 3.34. The molecule has 0 unspecified atom stereocenters. The summed E-state index contributed by atoms with van der Waals surface area (Å²) in [6.45, 7) is 8.61. The van der Waals surface area contributed by atoms with Gasteiger partial charge in [0.05, 0.1) is 35.9 Å². The van der Waals surface area contributed by atoms with Crippen LogP contribution in [0, 0.1) is 13.8 Å². The van der Waals surface area contributed by atoms with E-state index in [2.05, 4.69) is 20.2 Å². The third kappa shape index (κ3) is 4.30. The maximum absolute atomic E-state index is 12.5. The van der Waals surface area contributed by atoms with Crippen LogP contribution in [0.5, 0.6) is 0 Å². The number of aromatic nitrogens is 2. The highest BCUT2D eigenvalue weighted by molar-refractivity contribution is 5.93. The third-order valence-corrected chi connectivity index (χ3v) is 4.80. The SMILES string of the molecule is Cc1nn(-c2ccccc2)c(C)c1NC(=O)CN1CCN(CCO)CC1. The first-order valence-electron chi connectivity index (χ1n) is 9.05. The van der Waals surface area contributed by atoms with Gasteiger partial charge in [0, 0.05) is 32.7 Å². The van der Waals surface area contributed by atoms with E-state index >= 15 is 0 Å². The number of aryl methyl sites for hydroxylation is 1. The molecule has 0 saturated carbocycles. The summed E-state index contributed by atoms with van der Waals surface area (Å²) in [7, 11) is 0. The Morgan fingerprint density at radius 3 is 2.42 bits per heavy atom.